The minimum absolute atomic E-state index is 0.341. The zero-order valence-electron chi connectivity index (χ0n) is 12.9. The molecule has 0 radical (unpaired) electrons. The summed E-state index contributed by atoms with van der Waals surface area (Å²) in [5.74, 6) is -1.46. The molecule has 116 valence electrons. The van der Waals surface area contributed by atoms with Gasteiger partial charge in [0.1, 0.15) is 17.2 Å². The van der Waals surface area contributed by atoms with Gasteiger partial charge >= 0.3 is 12.1 Å². The van der Waals surface area contributed by atoms with E-state index in [1.165, 1.54) is 0 Å². The van der Waals surface area contributed by atoms with E-state index in [0.717, 1.165) is 0 Å². The molecular formula is C13H24N2O5. The Morgan fingerprint density at radius 1 is 1.00 bits per heavy atom. The molecule has 2 amide bonds. The first-order valence-electron chi connectivity index (χ1n) is 6.31. The first kappa shape index (κ1) is 18.2. The molecule has 7 nitrogen and oxygen atoms in total. The number of carbonyl (C=O) groups excluding carboxylic acids is 3. The molecule has 20 heavy (non-hydrogen) atoms. The number of amides is 2. The Bertz CT molecular complexity index is 349. The molecule has 0 aliphatic carbocycles. The van der Waals surface area contributed by atoms with Crippen molar-refractivity contribution in [1.29, 1.82) is 0 Å². The molecule has 0 spiro atoms. The molecule has 0 aliphatic rings. The van der Waals surface area contributed by atoms with Crippen LogP contribution in [0.25, 0.3) is 0 Å². The van der Waals surface area contributed by atoms with Crippen LogP contribution in [-0.4, -0.2) is 35.2 Å². The van der Waals surface area contributed by atoms with Gasteiger partial charge < -0.3 is 20.5 Å². The Morgan fingerprint density at radius 2 is 1.45 bits per heavy atom. The average molecular weight is 288 g/mol. The minimum Gasteiger partial charge on any atom is -0.460 e. The normalized spacial score (nSPS) is 13.3. The zero-order chi connectivity index (χ0) is 16.1. The monoisotopic (exact) mass is 288 g/mol. The highest BCUT2D eigenvalue weighted by atomic mass is 16.6. The number of nitrogens with two attached hydrogens (primary N) is 1. The zero-order valence-corrected chi connectivity index (χ0v) is 12.9. The first-order chi connectivity index (χ1) is 8.80. The largest absolute Gasteiger partial charge is 0.460 e. The lowest BCUT2D eigenvalue weighted by Crippen LogP contribution is -2.48. The van der Waals surface area contributed by atoms with Crippen LogP contribution < -0.4 is 11.1 Å². The smallest absolute Gasteiger partial charge is 0.408 e. The van der Waals surface area contributed by atoms with Gasteiger partial charge in [-0.05, 0) is 41.5 Å². The van der Waals surface area contributed by atoms with Crippen LogP contribution in [0, 0.1) is 0 Å². The lowest BCUT2D eigenvalue weighted by molar-refractivity contribution is -0.156. The summed E-state index contributed by atoms with van der Waals surface area (Å²) in [5, 5.41) is 2.25. The van der Waals surface area contributed by atoms with Crippen LogP contribution in [0.5, 0.6) is 0 Å². The lowest BCUT2D eigenvalue weighted by atomic mass is 10.1. The third-order valence-corrected chi connectivity index (χ3v) is 1.83. The summed E-state index contributed by atoms with van der Waals surface area (Å²) in [6.45, 7) is 10.1. The van der Waals surface area contributed by atoms with Crippen molar-refractivity contribution in [3.63, 3.8) is 0 Å². The van der Waals surface area contributed by atoms with Crippen molar-refractivity contribution in [3.8, 4) is 0 Å². The average Bonchev–Trinajstić information content (AvgIpc) is 2.09. The molecule has 0 saturated heterocycles. The predicted molar refractivity (Wildman–Crippen MR) is 72.8 cm³/mol. The van der Waals surface area contributed by atoms with Gasteiger partial charge in [0.2, 0.25) is 5.91 Å². The Morgan fingerprint density at radius 3 is 1.80 bits per heavy atom. The standard InChI is InChI=1S/C13H24N2O5/c1-12(2,3)19-9(16)7-8(10(14)17)15-11(18)20-13(4,5)6/h8H,7H2,1-6H3,(H2,14,17)(H,15,18)/t8-/m0/s1. The second-order valence-corrected chi connectivity index (χ2v) is 6.39. The van der Waals surface area contributed by atoms with Crippen LogP contribution in [0.2, 0.25) is 0 Å². The number of hydrogen-bond donors (Lipinski definition) is 2. The number of alkyl carbamates (subject to hydrolysis) is 1. The molecule has 0 rings (SSSR count). The molecule has 0 aliphatic heterocycles. The summed E-state index contributed by atoms with van der Waals surface area (Å²) in [6, 6.07) is -1.17. The van der Waals surface area contributed by atoms with E-state index in [-0.39, 0.29) is 6.42 Å². The highest BCUT2D eigenvalue weighted by Crippen LogP contribution is 2.10. The van der Waals surface area contributed by atoms with Crippen molar-refractivity contribution in [3.05, 3.63) is 0 Å². The third-order valence-electron chi connectivity index (χ3n) is 1.83. The van der Waals surface area contributed by atoms with Crippen LogP contribution >= 0.6 is 0 Å². The van der Waals surface area contributed by atoms with Crippen molar-refractivity contribution in [2.45, 2.75) is 65.2 Å². The van der Waals surface area contributed by atoms with Gasteiger partial charge in [-0.15, -0.1) is 0 Å². The topological polar surface area (TPSA) is 108 Å². The van der Waals surface area contributed by atoms with Crippen LogP contribution in [0.3, 0.4) is 0 Å². The molecule has 0 aromatic heterocycles. The van der Waals surface area contributed by atoms with Crippen molar-refractivity contribution >= 4 is 18.0 Å². The summed E-state index contributed by atoms with van der Waals surface area (Å²) in [4.78, 5) is 34.4. The third kappa shape index (κ3) is 9.18. The molecule has 1 atom stereocenters. The maximum Gasteiger partial charge on any atom is 0.408 e. The van der Waals surface area contributed by atoms with Gasteiger partial charge in [-0.25, -0.2) is 4.79 Å². The molecule has 0 aromatic rings. The van der Waals surface area contributed by atoms with Gasteiger partial charge in [0.25, 0.3) is 0 Å². The van der Waals surface area contributed by atoms with Crippen LogP contribution in [0.15, 0.2) is 0 Å². The number of rotatable bonds is 4. The summed E-state index contributed by atoms with van der Waals surface area (Å²) < 4.78 is 10.1. The van der Waals surface area contributed by atoms with Crippen molar-refractivity contribution < 1.29 is 23.9 Å². The van der Waals surface area contributed by atoms with Crippen molar-refractivity contribution in [1.82, 2.24) is 5.32 Å². The Balaban J connectivity index is 4.56. The second kappa shape index (κ2) is 6.58. The number of esters is 1. The van der Waals surface area contributed by atoms with E-state index in [9.17, 15) is 14.4 Å². The second-order valence-electron chi connectivity index (χ2n) is 6.39. The van der Waals surface area contributed by atoms with Gasteiger partial charge in [0, 0.05) is 0 Å². The van der Waals surface area contributed by atoms with E-state index in [0.29, 0.717) is 0 Å². The first-order valence-corrected chi connectivity index (χ1v) is 6.31. The lowest BCUT2D eigenvalue weighted by Gasteiger charge is -2.23. The number of nitrogens with one attached hydrogen (secondary N) is 1. The Kier molecular flexibility index (Phi) is 5.99. The van der Waals surface area contributed by atoms with E-state index < -0.39 is 35.2 Å². The summed E-state index contributed by atoms with van der Waals surface area (Å²) >= 11 is 0. The fourth-order valence-electron chi connectivity index (χ4n) is 1.22. The number of carbonyl (C=O) groups is 3. The van der Waals surface area contributed by atoms with E-state index in [4.69, 9.17) is 15.2 Å². The fourth-order valence-corrected chi connectivity index (χ4v) is 1.22. The highest BCUT2D eigenvalue weighted by molar-refractivity contribution is 5.88. The Labute approximate surface area is 119 Å². The SMILES string of the molecule is CC(C)(C)OC(=O)C[C@H](NC(=O)OC(C)(C)C)C(N)=O. The summed E-state index contributed by atoms with van der Waals surface area (Å²) in [6.07, 6.45) is -1.16. The maximum atomic E-state index is 11.6. The van der Waals surface area contributed by atoms with Crippen LogP contribution in [-0.2, 0) is 19.1 Å². The van der Waals surface area contributed by atoms with E-state index in [1.807, 2.05) is 0 Å². The highest BCUT2D eigenvalue weighted by Gasteiger charge is 2.27. The fraction of sp³-hybridized carbons (Fsp3) is 0.769. The number of hydrogen-bond acceptors (Lipinski definition) is 5. The molecule has 0 fully saturated rings. The van der Waals surface area contributed by atoms with Gasteiger partial charge in [-0.1, -0.05) is 0 Å². The molecule has 7 heteroatoms. The summed E-state index contributed by atoms with van der Waals surface area (Å²) in [7, 11) is 0. The van der Waals surface area contributed by atoms with Crippen LogP contribution in [0.4, 0.5) is 4.79 Å². The maximum absolute atomic E-state index is 11.6. The van der Waals surface area contributed by atoms with Gasteiger partial charge in [0.05, 0.1) is 6.42 Å². The van der Waals surface area contributed by atoms with Crippen molar-refractivity contribution in [2.24, 2.45) is 5.73 Å². The van der Waals surface area contributed by atoms with E-state index in [2.05, 4.69) is 5.32 Å². The molecule has 0 aromatic carbocycles. The minimum atomic E-state index is -1.17. The molecule has 0 unspecified atom stereocenters. The van der Waals surface area contributed by atoms with Crippen LogP contribution in [0.1, 0.15) is 48.0 Å². The Hall–Kier alpha value is -1.79. The molecule has 0 saturated carbocycles. The molecular weight excluding hydrogens is 264 g/mol. The van der Waals surface area contributed by atoms with Gasteiger partial charge in [-0.2, -0.15) is 0 Å². The number of primary amides is 1. The van der Waals surface area contributed by atoms with Crippen molar-refractivity contribution in [2.75, 3.05) is 0 Å². The molecule has 3 N–H and O–H groups in total. The quantitative estimate of drug-likeness (QED) is 0.753. The molecule has 0 bridgehead atoms. The predicted octanol–water partition coefficient (Wildman–Crippen LogP) is 1.10. The number of ether oxygens (including phenoxy) is 2. The molecule has 0 heterocycles. The van der Waals surface area contributed by atoms with E-state index in [1.54, 1.807) is 41.5 Å². The van der Waals surface area contributed by atoms with Gasteiger partial charge in [-0.3, -0.25) is 9.59 Å². The summed E-state index contributed by atoms with van der Waals surface area (Å²) in [5.41, 5.74) is 3.76. The van der Waals surface area contributed by atoms with E-state index >= 15 is 0 Å². The van der Waals surface area contributed by atoms with Gasteiger partial charge in [0.15, 0.2) is 0 Å².